The summed E-state index contributed by atoms with van der Waals surface area (Å²) in [5.41, 5.74) is 0. The molecule has 1 aliphatic heterocycles. The van der Waals surface area contributed by atoms with Crippen molar-refractivity contribution in [3.63, 3.8) is 0 Å². The first kappa shape index (κ1) is 16.0. The van der Waals surface area contributed by atoms with Crippen LogP contribution in [0.1, 0.15) is 40.0 Å². The number of hydrogen-bond donors (Lipinski definition) is 2. The van der Waals surface area contributed by atoms with Gasteiger partial charge in [-0.25, -0.2) is 4.79 Å². The highest BCUT2D eigenvalue weighted by Crippen LogP contribution is 2.15. The van der Waals surface area contributed by atoms with Crippen LogP contribution in [0.4, 0.5) is 0 Å². The number of amides is 1. The molecule has 0 saturated carbocycles. The van der Waals surface area contributed by atoms with Crippen LogP contribution in [0.25, 0.3) is 0 Å². The van der Waals surface area contributed by atoms with Gasteiger partial charge >= 0.3 is 5.97 Å². The third-order valence-corrected chi connectivity index (χ3v) is 3.78. The quantitative estimate of drug-likeness (QED) is 0.764. The minimum atomic E-state index is -0.963. The number of carbonyl (C=O) groups is 2. The van der Waals surface area contributed by atoms with Gasteiger partial charge in [-0.05, 0) is 37.8 Å². The second-order valence-electron chi connectivity index (χ2n) is 5.90. The molecule has 0 aromatic heterocycles. The van der Waals surface area contributed by atoms with E-state index < -0.39 is 12.0 Å². The standard InChI is InChI=1S/C14H26N2O3/c1-10(2)13(14(18)19)15-12(17)6-9-16-7-4-11(3)5-8-16/h10-11,13H,4-9H2,1-3H3,(H,15,17)(H,18,19). The van der Waals surface area contributed by atoms with Gasteiger partial charge in [-0.1, -0.05) is 20.8 Å². The Bertz CT molecular complexity index is 310. The number of carboxylic acids is 1. The Morgan fingerprint density at radius 1 is 1.32 bits per heavy atom. The van der Waals surface area contributed by atoms with Gasteiger partial charge in [-0.2, -0.15) is 0 Å². The largest absolute Gasteiger partial charge is 0.480 e. The predicted octanol–water partition coefficient (Wildman–Crippen LogP) is 1.33. The zero-order chi connectivity index (χ0) is 14.4. The average molecular weight is 270 g/mol. The lowest BCUT2D eigenvalue weighted by Crippen LogP contribution is -2.45. The fourth-order valence-corrected chi connectivity index (χ4v) is 2.30. The number of rotatable bonds is 6. The molecule has 0 aliphatic carbocycles. The molecule has 5 nitrogen and oxygen atoms in total. The second-order valence-corrected chi connectivity index (χ2v) is 5.90. The van der Waals surface area contributed by atoms with E-state index in [9.17, 15) is 9.59 Å². The molecule has 0 bridgehead atoms. The van der Waals surface area contributed by atoms with E-state index in [0.717, 1.165) is 25.6 Å². The average Bonchev–Trinajstić information content (AvgIpc) is 2.34. The van der Waals surface area contributed by atoms with Crippen molar-refractivity contribution in [3.8, 4) is 0 Å². The Kier molecular flexibility index (Phi) is 6.28. The molecule has 110 valence electrons. The second kappa shape index (κ2) is 7.48. The van der Waals surface area contributed by atoms with E-state index >= 15 is 0 Å². The first-order valence-electron chi connectivity index (χ1n) is 7.14. The molecule has 1 rings (SSSR count). The van der Waals surface area contributed by atoms with E-state index in [4.69, 9.17) is 5.11 Å². The van der Waals surface area contributed by atoms with Gasteiger partial charge in [0, 0.05) is 13.0 Å². The van der Waals surface area contributed by atoms with Crippen LogP contribution in [0.3, 0.4) is 0 Å². The molecule has 1 amide bonds. The smallest absolute Gasteiger partial charge is 0.326 e. The van der Waals surface area contributed by atoms with Gasteiger partial charge in [0.15, 0.2) is 0 Å². The van der Waals surface area contributed by atoms with Crippen LogP contribution >= 0.6 is 0 Å². The summed E-state index contributed by atoms with van der Waals surface area (Å²) in [6, 6.07) is -0.783. The van der Waals surface area contributed by atoms with Gasteiger partial charge in [-0.3, -0.25) is 4.79 Å². The van der Waals surface area contributed by atoms with Crippen LogP contribution in [0.2, 0.25) is 0 Å². The van der Waals surface area contributed by atoms with Crippen molar-refractivity contribution in [2.45, 2.75) is 46.1 Å². The number of carboxylic acid groups (broad SMARTS) is 1. The summed E-state index contributed by atoms with van der Waals surface area (Å²) >= 11 is 0. The van der Waals surface area contributed by atoms with Crippen LogP contribution < -0.4 is 5.32 Å². The van der Waals surface area contributed by atoms with Gasteiger partial charge in [0.25, 0.3) is 0 Å². The number of carbonyl (C=O) groups excluding carboxylic acids is 1. The van der Waals surface area contributed by atoms with E-state index in [2.05, 4.69) is 17.1 Å². The van der Waals surface area contributed by atoms with E-state index in [1.165, 1.54) is 12.8 Å². The van der Waals surface area contributed by atoms with Crippen LogP contribution in [0, 0.1) is 11.8 Å². The van der Waals surface area contributed by atoms with Crippen LogP contribution in [0.15, 0.2) is 0 Å². The van der Waals surface area contributed by atoms with Gasteiger partial charge < -0.3 is 15.3 Å². The monoisotopic (exact) mass is 270 g/mol. The molecule has 1 saturated heterocycles. The Morgan fingerprint density at radius 2 is 1.89 bits per heavy atom. The lowest BCUT2D eigenvalue weighted by molar-refractivity contribution is -0.143. The summed E-state index contributed by atoms with van der Waals surface area (Å²) in [6.45, 7) is 8.66. The van der Waals surface area contributed by atoms with Crippen molar-refractivity contribution >= 4 is 11.9 Å². The van der Waals surface area contributed by atoms with Crippen molar-refractivity contribution in [1.82, 2.24) is 10.2 Å². The van der Waals surface area contributed by atoms with Crippen molar-refractivity contribution < 1.29 is 14.7 Å². The molecule has 5 heteroatoms. The van der Waals surface area contributed by atoms with E-state index in [1.807, 2.05) is 0 Å². The number of nitrogens with zero attached hydrogens (tertiary/aromatic N) is 1. The van der Waals surface area contributed by atoms with Crippen molar-refractivity contribution in [2.75, 3.05) is 19.6 Å². The summed E-state index contributed by atoms with van der Waals surface area (Å²) in [4.78, 5) is 25.0. The summed E-state index contributed by atoms with van der Waals surface area (Å²) in [5.74, 6) is -0.449. The zero-order valence-electron chi connectivity index (χ0n) is 12.2. The number of hydrogen-bond acceptors (Lipinski definition) is 3. The van der Waals surface area contributed by atoms with Crippen LogP contribution in [-0.2, 0) is 9.59 Å². The van der Waals surface area contributed by atoms with Crippen LogP contribution in [0.5, 0.6) is 0 Å². The molecule has 0 aromatic carbocycles. The molecule has 1 fully saturated rings. The molecule has 1 heterocycles. The molecule has 1 unspecified atom stereocenters. The molecule has 1 atom stereocenters. The molecule has 2 N–H and O–H groups in total. The summed E-state index contributed by atoms with van der Waals surface area (Å²) < 4.78 is 0. The first-order valence-corrected chi connectivity index (χ1v) is 7.14. The first-order chi connectivity index (χ1) is 8.90. The van der Waals surface area contributed by atoms with Gasteiger partial charge in [-0.15, -0.1) is 0 Å². The maximum absolute atomic E-state index is 11.8. The number of likely N-dealkylation sites (tertiary alicyclic amines) is 1. The minimum Gasteiger partial charge on any atom is -0.480 e. The third kappa shape index (κ3) is 5.59. The number of aliphatic carboxylic acids is 1. The van der Waals surface area contributed by atoms with E-state index in [0.29, 0.717) is 6.42 Å². The number of nitrogens with one attached hydrogen (secondary N) is 1. The highest BCUT2D eigenvalue weighted by atomic mass is 16.4. The van der Waals surface area contributed by atoms with Crippen molar-refractivity contribution in [3.05, 3.63) is 0 Å². The Hall–Kier alpha value is -1.10. The highest BCUT2D eigenvalue weighted by Gasteiger charge is 2.23. The molecular formula is C14H26N2O3. The summed E-state index contributed by atoms with van der Waals surface area (Å²) in [7, 11) is 0. The molecule has 0 spiro atoms. The molecule has 1 aliphatic rings. The van der Waals surface area contributed by atoms with E-state index in [1.54, 1.807) is 13.8 Å². The molecular weight excluding hydrogens is 244 g/mol. The fraction of sp³-hybridized carbons (Fsp3) is 0.857. The zero-order valence-corrected chi connectivity index (χ0v) is 12.2. The topological polar surface area (TPSA) is 69.6 Å². The maximum Gasteiger partial charge on any atom is 0.326 e. The molecule has 0 aromatic rings. The lowest BCUT2D eigenvalue weighted by Gasteiger charge is -2.30. The fourth-order valence-electron chi connectivity index (χ4n) is 2.30. The number of piperidine rings is 1. The van der Waals surface area contributed by atoms with E-state index in [-0.39, 0.29) is 11.8 Å². The van der Waals surface area contributed by atoms with Gasteiger partial charge in [0.1, 0.15) is 6.04 Å². The summed E-state index contributed by atoms with van der Waals surface area (Å²) in [5, 5.41) is 11.6. The highest BCUT2D eigenvalue weighted by molar-refractivity contribution is 5.83. The predicted molar refractivity (Wildman–Crippen MR) is 73.9 cm³/mol. The molecule has 19 heavy (non-hydrogen) atoms. The van der Waals surface area contributed by atoms with Gasteiger partial charge in [0.2, 0.25) is 5.91 Å². The third-order valence-electron chi connectivity index (χ3n) is 3.78. The Balaban J connectivity index is 2.29. The minimum absolute atomic E-state index is 0.0997. The van der Waals surface area contributed by atoms with Crippen LogP contribution in [-0.4, -0.2) is 47.6 Å². The SMILES string of the molecule is CC1CCN(CCC(=O)NC(C(=O)O)C(C)C)CC1. The lowest BCUT2D eigenvalue weighted by atomic mass is 9.99. The van der Waals surface area contributed by atoms with Crippen molar-refractivity contribution in [2.24, 2.45) is 11.8 Å². The van der Waals surface area contributed by atoms with Crippen molar-refractivity contribution in [1.29, 1.82) is 0 Å². The Labute approximate surface area is 115 Å². The molecule has 0 radical (unpaired) electrons. The van der Waals surface area contributed by atoms with Gasteiger partial charge in [0.05, 0.1) is 0 Å². The summed E-state index contributed by atoms with van der Waals surface area (Å²) in [6.07, 6.45) is 2.75. The Morgan fingerprint density at radius 3 is 2.37 bits per heavy atom. The normalized spacial score (nSPS) is 19.4. The maximum atomic E-state index is 11.8.